The summed E-state index contributed by atoms with van der Waals surface area (Å²) in [6.45, 7) is 2.65. The van der Waals surface area contributed by atoms with E-state index in [2.05, 4.69) is 45.0 Å². The Kier molecular flexibility index (Phi) is 5.94. The van der Waals surface area contributed by atoms with E-state index in [-0.39, 0.29) is 5.91 Å². The Hall–Kier alpha value is -3.48. The molecule has 0 aliphatic carbocycles. The highest BCUT2D eigenvalue weighted by Gasteiger charge is 2.23. The Morgan fingerprint density at radius 1 is 1.12 bits per heavy atom. The first-order chi connectivity index (χ1) is 16.1. The van der Waals surface area contributed by atoms with Gasteiger partial charge in [-0.05, 0) is 53.7 Å². The van der Waals surface area contributed by atoms with Crippen molar-refractivity contribution in [3.63, 3.8) is 0 Å². The Balaban J connectivity index is 1.17. The lowest BCUT2D eigenvalue weighted by molar-refractivity contribution is -0.755. The first-order valence-electron chi connectivity index (χ1n) is 11.7. The van der Waals surface area contributed by atoms with Crippen LogP contribution in [0.3, 0.4) is 0 Å². The van der Waals surface area contributed by atoms with E-state index in [1.165, 1.54) is 5.56 Å². The van der Waals surface area contributed by atoms with Crippen LogP contribution in [0.1, 0.15) is 24.8 Å². The minimum atomic E-state index is 0.279. The highest BCUT2D eigenvalue weighted by atomic mass is 16.2. The summed E-state index contributed by atoms with van der Waals surface area (Å²) in [7, 11) is 3.91. The SMILES string of the molecule is Cn1nc(-c2ccc3c(c2)ncn3CC2CCN(C(=O)CCc3ccccc3)CC2)c[n+]1C. The Morgan fingerprint density at radius 2 is 1.91 bits per heavy atom. The molecule has 0 bridgehead atoms. The van der Waals surface area contributed by atoms with Crippen LogP contribution in [0, 0.1) is 5.92 Å². The smallest absolute Gasteiger partial charge is 0.248 e. The Labute approximate surface area is 194 Å². The van der Waals surface area contributed by atoms with Gasteiger partial charge in [0, 0.05) is 36.7 Å². The van der Waals surface area contributed by atoms with Crippen LogP contribution in [0.2, 0.25) is 0 Å². The molecule has 7 heteroatoms. The van der Waals surface area contributed by atoms with Crippen LogP contribution < -0.4 is 4.68 Å². The van der Waals surface area contributed by atoms with Crippen molar-refractivity contribution in [2.45, 2.75) is 32.2 Å². The topological polar surface area (TPSA) is 59.8 Å². The van der Waals surface area contributed by atoms with E-state index in [0.717, 1.165) is 61.2 Å². The molecule has 170 valence electrons. The van der Waals surface area contributed by atoms with Crippen LogP contribution in [0.5, 0.6) is 0 Å². The number of rotatable bonds is 6. The van der Waals surface area contributed by atoms with E-state index in [9.17, 15) is 4.79 Å². The number of aryl methyl sites for hydroxylation is 3. The number of fused-ring (bicyclic) bond motifs is 1. The fourth-order valence-electron chi connectivity index (χ4n) is 4.71. The van der Waals surface area contributed by atoms with Crippen LogP contribution in [-0.2, 0) is 31.9 Å². The number of hydrogen-bond donors (Lipinski definition) is 0. The number of aromatic nitrogens is 5. The largest absolute Gasteiger partial charge is 0.343 e. The van der Waals surface area contributed by atoms with Crippen molar-refractivity contribution >= 4 is 16.9 Å². The molecule has 7 nitrogen and oxygen atoms in total. The van der Waals surface area contributed by atoms with Crippen molar-refractivity contribution in [1.29, 1.82) is 0 Å². The van der Waals surface area contributed by atoms with Crippen LogP contribution >= 0.6 is 0 Å². The summed E-state index contributed by atoms with van der Waals surface area (Å²) in [6.07, 6.45) is 7.47. The minimum Gasteiger partial charge on any atom is -0.343 e. The van der Waals surface area contributed by atoms with Gasteiger partial charge in [0.25, 0.3) is 0 Å². The van der Waals surface area contributed by atoms with Gasteiger partial charge in [-0.3, -0.25) is 4.79 Å². The van der Waals surface area contributed by atoms with Crippen molar-refractivity contribution in [3.8, 4) is 11.3 Å². The molecule has 1 aliphatic heterocycles. The van der Waals surface area contributed by atoms with E-state index in [1.54, 1.807) is 0 Å². The summed E-state index contributed by atoms with van der Waals surface area (Å²) in [5, 5.41) is 4.55. The number of hydrogen-bond acceptors (Lipinski definition) is 3. The summed E-state index contributed by atoms with van der Waals surface area (Å²) in [4.78, 5) is 21.2. The quantitative estimate of drug-likeness (QED) is 0.430. The molecule has 0 spiro atoms. The second-order valence-corrected chi connectivity index (χ2v) is 9.09. The molecule has 2 aromatic carbocycles. The molecule has 5 rings (SSSR count). The number of likely N-dealkylation sites (tertiary alicyclic amines) is 1. The lowest BCUT2D eigenvalue weighted by Crippen LogP contribution is -2.39. The van der Waals surface area contributed by atoms with E-state index in [1.807, 2.05) is 59.2 Å². The predicted molar refractivity (Wildman–Crippen MR) is 127 cm³/mol. The van der Waals surface area contributed by atoms with Gasteiger partial charge < -0.3 is 9.47 Å². The molecule has 1 fully saturated rings. The number of carbonyl (C=O) groups excluding carboxylic acids is 1. The van der Waals surface area contributed by atoms with Gasteiger partial charge in [0.2, 0.25) is 11.6 Å². The molecule has 1 saturated heterocycles. The van der Waals surface area contributed by atoms with Crippen LogP contribution in [-0.4, -0.2) is 43.3 Å². The zero-order valence-corrected chi connectivity index (χ0v) is 19.4. The maximum atomic E-state index is 12.6. The Bertz CT molecular complexity index is 1230. The molecule has 0 saturated carbocycles. The predicted octanol–water partition coefficient (Wildman–Crippen LogP) is 3.13. The van der Waals surface area contributed by atoms with Crippen molar-refractivity contribution in [2.24, 2.45) is 20.0 Å². The third-order valence-electron chi connectivity index (χ3n) is 6.83. The highest BCUT2D eigenvalue weighted by Crippen LogP contribution is 2.25. The molecule has 1 amide bonds. The van der Waals surface area contributed by atoms with E-state index < -0.39 is 0 Å². The zero-order chi connectivity index (χ0) is 22.8. The number of nitrogens with zero attached hydrogens (tertiary/aromatic N) is 6. The summed E-state index contributed by atoms with van der Waals surface area (Å²) in [5.41, 5.74) is 5.40. The highest BCUT2D eigenvalue weighted by molar-refractivity contribution is 5.81. The summed E-state index contributed by atoms with van der Waals surface area (Å²) < 4.78 is 4.21. The van der Waals surface area contributed by atoms with Gasteiger partial charge in [-0.25, -0.2) is 4.98 Å². The molecular weight excluding hydrogens is 412 g/mol. The summed E-state index contributed by atoms with van der Waals surface area (Å²) >= 11 is 0. The second-order valence-electron chi connectivity index (χ2n) is 9.09. The molecule has 0 N–H and O–H groups in total. The average molecular weight is 444 g/mol. The van der Waals surface area contributed by atoms with Gasteiger partial charge in [0.1, 0.15) is 7.05 Å². The molecule has 1 aliphatic rings. The Morgan fingerprint density at radius 3 is 2.64 bits per heavy atom. The maximum Gasteiger partial charge on any atom is 0.248 e. The fourth-order valence-corrected chi connectivity index (χ4v) is 4.71. The number of carbonyl (C=O) groups is 1. The van der Waals surface area contributed by atoms with Gasteiger partial charge in [0.15, 0.2) is 6.20 Å². The lowest BCUT2D eigenvalue weighted by Gasteiger charge is -2.32. The monoisotopic (exact) mass is 443 g/mol. The van der Waals surface area contributed by atoms with Crippen molar-refractivity contribution in [1.82, 2.24) is 24.3 Å². The van der Waals surface area contributed by atoms with Crippen LogP contribution in [0.15, 0.2) is 61.1 Å². The number of piperidine rings is 1. The van der Waals surface area contributed by atoms with Gasteiger partial charge in [0.05, 0.1) is 24.4 Å². The molecule has 0 unspecified atom stereocenters. The van der Waals surface area contributed by atoms with Crippen molar-refractivity contribution in [2.75, 3.05) is 13.1 Å². The standard InChI is InChI=1S/C26H31N6O/c1-29-18-24(28-30(29)2)22-9-10-25-23(16-22)27-19-32(25)17-21-12-14-31(15-13-21)26(33)11-8-20-6-4-3-5-7-20/h3-7,9-10,16,18-19,21H,8,11-15,17H2,1-2H3/q+1. The molecule has 4 aromatic rings. The van der Waals surface area contributed by atoms with Crippen LogP contribution in [0.25, 0.3) is 22.3 Å². The number of imidazole rings is 1. The van der Waals surface area contributed by atoms with E-state index in [4.69, 9.17) is 0 Å². The first kappa shape index (κ1) is 21.4. The van der Waals surface area contributed by atoms with Gasteiger partial charge in [-0.1, -0.05) is 30.3 Å². The van der Waals surface area contributed by atoms with E-state index >= 15 is 0 Å². The van der Waals surface area contributed by atoms with Gasteiger partial charge in [-0.15, -0.1) is 0 Å². The maximum absolute atomic E-state index is 12.6. The molecule has 0 atom stereocenters. The molecule has 0 radical (unpaired) electrons. The van der Waals surface area contributed by atoms with Gasteiger partial charge >= 0.3 is 0 Å². The average Bonchev–Trinajstić information content (AvgIpc) is 3.40. The third-order valence-corrected chi connectivity index (χ3v) is 6.83. The zero-order valence-electron chi connectivity index (χ0n) is 19.4. The second kappa shape index (κ2) is 9.17. The molecule has 2 aromatic heterocycles. The first-order valence-corrected chi connectivity index (χ1v) is 11.7. The number of amides is 1. The van der Waals surface area contributed by atoms with Gasteiger partial charge in [-0.2, -0.15) is 4.68 Å². The normalized spacial score (nSPS) is 14.8. The summed E-state index contributed by atoms with van der Waals surface area (Å²) in [5.74, 6) is 0.843. The van der Waals surface area contributed by atoms with Crippen molar-refractivity contribution in [3.05, 3.63) is 66.6 Å². The summed E-state index contributed by atoms with van der Waals surface area (Å²) in [6, 6.07) is 16.6. The molecule has 33 heavy (non-hydrogen) atoms. The lowest BCUT2D eigenvalue weighted by atomic mass is 9.96. The minimum absolute atomic E-state index is 0.279. The molecular formula is C26H31N6O+. The number of benzene rings is 2. The molecule has 3 heterocycles. The van der Waals surface area contributed by atoms with Crippen LogP contribution in [0.4, 0.5) is 0 Å². The van der Waals surface area contributed by atoms with E-state index in [0.29, 0.717) is 12.3 Å². The van der Waals surface area contributed by atoms with Crippen molar-refractivity contribution < 1.29 is 9.48 Å². The third kappa shape index (κ3) is 4.67. The fraction of sp³-hybridized carbons (Fsp3) is 0.385.